The van der Waals surface area contributed by atoms with E-state index in [1.54, 1.807) is 11.8 Å². The van der Waals surface area contributed by atoms with Gasteiger partial charge >= 0.3 is 6.18 Å². The molecule has 1 nitrogen and oxygen atoms in total. The van der Waals surface area contributed by atoms with E-state index in [0.717, 1.165) is 5.75 Å². The number of hydrogen-bond donors (Lipinski definition) is 0. The second-order valence-corrected chi connectivity index (χ2v) is 4.46. The van der Waals surface area contributed by atoms with Gasteiger partial charge in [-0.15, -0.1) is 11.6 Å². The molecule has 6 heteroatoms. The molecule has 1 unspecified atom stereocenters. The van der Waals surface area contributed by atoms with Crippen LogP contribution in [0.2, 0.25) is 0 Å². The topological polar surface area (TPSA) is 9.23 Å². The number of thioether (sulfide) groups is 1. The van der Waals surface area contributed by atoms with Crippen LogP contribution in [0.3, 0.4) is 0 Å². The summed E-state index contributed by atoms with van der Waals surface area (Å²) in [7, 11) is 0. The molecule has 0 aliphatic rings. The molecule has 0 heterocycles. The zero-order chi connectivity index (χ0) is 11.0. The van der Waals surface area contributed by atoms with E-state index in [9.17, 15) is 13.2 Å². The summed E-state index contributed by atoms with van der Waals surface area (Å²) in [5.74, 6) is 2.41. The second kappa shape index (κ2) is 7.65. The van der Waals surface area contributed by atoms with Crippen LogP contribution in [0, 0.1) is 5.92 Å². The first-order valence-electron chi connectivity index (χ1n) is 4.24. The fraction of sp³-hybridized carbons (Fsp3) is 1.00. The van der Waals surface area contributed by atoms with Gasteiger partial charge in [-0.25, -0.2) is 0 Å². The molecular weight excluding hydrogens is 237 g/mol. The van der Waals surface area contributed by atoms with Gasteiger partial charge in [0.1, 0.15) is 6.61 Å². The van der Waals surface area contributed by atoms with Crippen molar-refractivity contribution in [3.63, 3.8) is 0 Å². The van der Waals surface area contributed by atoms with E-state index >= 15 is 0 Å². The average Bonchev–Trinajstić information content (AvgIpc) is 2.08. The predicted octanol–water partition coefficient (Wildman–Crippen LogP) is 3.17. The molecule has 86 valence electrons. The molecule has 0 rings (SSSR count). The van der Waals surface area contributed by atoms with Crippen molar-refractivity contribution in [1.29, 1.82) is 0 Å². The number of alkyl halides is 4. The van der Waals surface area contributed by atoms with Gasteiger partial charge in [-0.3, -0.25) is 0 Å². The molecule has 0 amide bonds. The zero-order valence-electron chi connectivity index (χ0n) is 7.94. The first-order valence-corrected chi connectivity index (χ1v) is 5.93. The quantitative estimate of drug-likeness (QED) is 0.507. The highest BCUT2D eigenvalue weighted by molar-refractivity contribution is 7.99. The largest absolute Gasteiger partial charge is 0.411 e. The van der Waals surface area contributed by atoms with Gasteiger partial charge in [0.25, 0.3) is 0 Å². The summed E-state index contributed by atoms with van der Waals surface area (Å²) in [6.45, 7) is 0.981. The van der Waals surface area contributed by atoms with Crippen molar-refractivity contribution in [2.45, 2.75) is 13.1 Å². The van der Waals surface area contributed by atoms with E-state index in [1.807, 2.05) is 6.92 Å². The van der Waals surface area contributed by atoms with Gasteiger partial charge in [0, 0.05) is 11.6 Å². The van der Waals surface area contributed by atoms with Crippen molar-refractivity contribution >= 4 is 23.4 Å². The van der Waals surface area contributed by atoms with Crippen LogP contribution in [-0.2, 0) is 4.74 Å². The summed E-state index contributed by atoms with van der Waals surface area (Å²) in [6.07, 6.45) is -4.21. The molecule has 14 heavy (non-hydrogen) atoms. The lowest BCUT2D eigenvalue weighted by Crippen LogP contribution is -2.18. The molecule has 1 atom stereocenters. The molecule has 0 radical (unpaired) electrons. The first kappa shape index (κ1) is 14.4. The monoisotopic (exact) mass is 250 g/mol. The third-order valence-electron chi connectivity index (χ3n) is 1.30. The van der Waals surface area contributed by atoms with Crippen LogP contribution in [0.4, 0.5) is 13.2 Å². The molecule has 0 saturated heterocycles. The number of ether oxygens (including phenoxy) is 1. The molecule has 0 aliphatic carbocycles. The molecule has 0 aromatic rings. The minimum Gasteiger partial charge on any atom is -0.371 e. The van der Waals surface area contributed by atoms with Crippen LogP contribution in [-0.4, -0.2) is 36.8 Å². The fourth-order valence-corrected chi connectivity index (χ4v) is 1.80. The highest BCUT2D eigenvalue weighted by Crippen LogP contribution is 2.15. The second-order valence-electron chi connectivity index (χ2n) is 3.00. The lowest BCUT2D eigenvalue weighted by Gasteiger charge is -2.08. The Hall–Kier alpha value is 0.390. The molecule has 0 aromatic heterocycles. The van der Waals surface area contributed by atoms with Gasteiger partial charge in [0.2, 0.25) is 0 Å². The van der Waals surface area contributed by atoms with Gasteiger partial charge in [-0.2, -0.15) is 24.9 Å². The number of rotatable bonds is 7. The van der Waals surface area contributed by atoms with E-state index in [0.29, 0.717) is 17.6 Å². The standard InChI is InChI=1S/C8H14ClF3OS/c1-7(4-9)5-14-3-2-13-6-8(10,11)12/h7H,2-6H2,1H3. The van der Waals surface area contributed by atoms with Gasteiger partial charge in [-0.1, -0.05) is 6.92 Å². The van der Waals surface area contributed by atoms with Crippen LogP contribution < -0.4 is 0 Å². The Morgan fingerprint density at radius 2 is 2.07 bits per heavy atom. The Morgan fingerprint density at radius 3 is 2.57 bits per heavy atom. The Balaban J connectivity index is 3.14. The highest BCUT2D eigenvalue weighted by Gasteiger charge is 2.27. The molecule has 0 spiro atoms. The van der Waals surface area contributed by atoms with E-state index in [-0.39, 0.29) is 6.61 Å². The average molecular weight is 251 g/mol. The van der Waals surface area contributed by atoms with E-state index in [1.165, 1.54) is 0 Å². The molecule has 0 saturated carbocycles. The van der Waals surface area contributed by atoms with Crippen LogP contribution in [0.15, 0.2) is 0 Å². The normalized spacial score (nSPS) is 14.4. The van der Waals surface area contributed by atoms with Crippen LogP contribution in [0.5, 0.6) is 0 Å². The molecular formula is C8H14ClF3OS. The van der Waals surface area contributed by atoms with Gasteiger partial charge < -0.3 is 4.74 Å². The van der Waals surface area contributed by atoms with Crippen LogP contribution >= 0.6 is 23.4 Å². The lowest BCUT2D eigenvalue weighted by molar-refractivity contribution is -0.172. The maximum atomic E-state index is 11.6. The van der Waals surface area contributed by atoms with Crippen molar-refractivity contribution in [2.24, 2.45) is 5.92 Å². The number of halogens is 4. The summed E-state index contributed by atoms with van der Waals surface area (Å²) in [5, 5.41) is 0. The Bertz CT molecular complexity index is 143. The zero-order valence-corrected chi connectivity index (χ0v) is 9.51. The smallest absolute Gasteiger partial charge is 0.371 e. The van der Waals surface area contributed by atoms with E-state index in [4.69, 9.17) is 11.6 Å². The summed E-state index contributed by atoms with van der Waals surface area (Å²) in [4.78, 5) is 0. The minimum absolute atomic E-state index is 0.138. The summed E-state index contributed by atoms with van der Waals surface area (Å²) in [5.41, 5.74) is 0. The van der Waals surface area contributed by atoms with Crippen LogP contribution in [0.25, 0.3) is 0 Å². The Morgan fingerprint density at radius 1 is 1.43 bits per heavy atom. The van der Waals surface area contributed by atoms with Gasteiger partial charge in [0.05, 0.1) is 6.61 Å². The number of hydrogen-bond acceptors (Lipinski definition) is 2. The SMILES string of the molecule is CC(CCl)CSCCOCC(F)(F)F. The van der Waals surface area contributed by atoms with E-state index in [2.05, 4.69) is 4.74 Å². The molecule has 0 bridgehead atoms. The lowest BCUT2D eigenvalue weighted by atomic mass is 10.3. The molecule has 0 N–H and O–H groups in total. The van der Waals surface area contributed by atoms with Gasteiger partial charge in [0.15, 0.2) is 0 Å². The molecule has 0 aliphatic heterocycles. The highest BCUT2D eigenvalue weighted by atomic mass is 35.5. The molecule has 0 fully saturated rings. The minimum atomic E-state index is -4.21. The van der Waals surface area contributed by atoms with Crippen molar-refractivity contribution in [1.82, 2.24) is 0 Å². The summed E-state index contributed by atoms with van der Waals surface area (Å²) in [6, 6.07) is 0. The van der Waals surface area contributed by atoms with Crippen molar-refractivity contribution in [3.05, 3.63) is 0 Å². The Kier molecular flexibility index (Phi) is 7.86. The van der Waals surface area contributed by atoms with Gasteiger partial charge in [-0.05, 0) is 11.7 Å². The summed E-state index contributed by atoms with van der Waals surface area (Å²) >= 11 is 7.12. The summed E-state index contributed by atoms with van der Waals surface area (Å²) < 4.78 is 39.2. The molecule has 0 aromatic carbocycles. The van der Waals surface area contributed by atoms with E-state index < -0.39 is 12.8 Å². The fourth-order valence-electron chi connectivity index (χ4n) is 0.635. The third-order valence-corrected chi connectivity index (χ3v) is 3.09. The third kappa shape index (κ3) is 10.5. The predicted molar refractivity (Wildman–Crippen MR) is 54.1 cm³/mol. The maximum Gasteiger partial charge on any atom is 0.411 e. The Labute approximate surface area is 91.3 Å². The van der Waals surface area contributed by atoms with Crippen molar-refractivity contribution < 1.29 is 17.9 Å². The van der Waals surface area contributed by atoms with Crippen LogP contribution in [0.1, 0.15) is 6.92 Å². The maximum absolute atomic E-state index is 11.6. The van der Waals surface area contributed by atoms with Crippen molar-refractivity contribution in [3.8, 4) is 0 Å². The van der Waals surface area contributed by atoms with Crippen molar-refractivity contribution in [2.75, 3.05) is 30.6 Å². The first-order chi connectivity index (χ1) is 6.45.